The predicted octanol–water partition coefficient (Wildman–Crippen LogP) is 4.73. The third kappa shape index (κ3) is 4.24. The molecule has 2 aromatic carbocycles. The van der Waals surface area contributed by atoms with Gasteiger partial charge in [0.05, 0.1) is 5.75 Å². The molecule has 1 nitrogen and oxygen atoms in total. The smallest absolute Gasteiger partial charge is 0.172 e. The second-order valence-corrected chi connectivity index (χ2v) is 6.27. The van der Waals surface area contributed by atoms with Crippen molar-refractivity contribution in [2.24, 2.45) is 0 Å². The molecular formula is C18H20OS. The van der Waals surface area contributed by atoms with Gasteiger partial charge in [0, 0.05) is 11.3 Å². The molecule has 0 bridgehead atoms. The van der Waals surface area contributed by atoms with Gasteiger partial charge in [0.25, 0.3) is 0 Å². The van der Waals surface area contributed by atoms with E-state index < -0.39 is 0 Å². The zero-order valence-corrected chi connectivity index (χ0v) is 13.1. The third-order valence-corrected chi connectivity index (χ3v) is 4.13. The van der Waals surface area contributed by atoms with Crippen LogP contribution < -0.4 is 0 Å². The molecule has 0 saturated heterocycles. The normalized spacial score (nSPS) is 10.6. The molecule has 0 N–H and O–H groups in total. The summed E-state index contributed by atoms with van der Waals surface area (Å²) in [5.74, 6) is 1.64. The zero-order chi connectivity index (χ0) is 14.5. The highest BCUT2D eigenvalue weighted by Gasteiger charge is 2.06. The molecule has 0 spiro atoms. The molecule has 20 heavy (non-hydrogen) atoms. The van der Waals surface area contributed by atoms with E-state index in [0.29, 0.717) is 5.75 Å². The molecule has 0 heterocycles. The maximum Gasteiger partial charge on any atom is 0.172 e. The number of aryl methyl sites for hydroxylation is 3. The summed E-state index contributed by atoms with van der Waals surface area (Å²) in [6.07, 6.45) is 0. The Balaban J connectivity index is 1.91. The van der Waals surface area contributed by atoms with Gasteiger partial charge in [-0.3, -0.25) is 4.79 Å². The topological polar surface area (TPSA) is 17.1 Å². The monoisotopic (exact) mass is 284 g/mol. The van der Waals surface area contributed by atoms with E-state index in [0.717, 1.165) is 16.9 Å². The van der Waals surface area contributed by atoms with Crippen molar-refractivity contribution in [1.82, 2.24) is 0 Å². The van der Waals surface area contributed by atoms with Crippen LogP contribution in [-0.4, -0.2) is 11.5 Å². The van der Waals surface area contributed by atoms with Crippen molar-refractivity contribution in [3.8, 4) is 0 Å². The fourth-order valence-corrected chi connectivity index (χ4v) is 3.17. The van der Waals surface area contributed by atoms with E-state index in [-0.39, 0.29) is 5.78 Å². The average molecular weight is 284 g/mol. The van der Waals surface area contributed by atoms with Crippen LogP contribution in [0.15, 0.2) is 42.5 Å². The highest BCUT2D eigenvalue weighted by Crippen LogP contribution is 2.17. The first-order chi connectivity index (χ1) is 9.54. The molecule has 0 atom stereocenters. The van der Waals surface area contributed by atoms with Crippen molar-refractivity contribution in [1.29, 1.82) is 0 Å². The molecule has 0 aliphatic rings. The number of ketones is 1. The first-order valence-electron chi connectivity index (χ1n) is 6.79. The Hall–Kier alpha value is -1.54. The minimum atomic E-state index is 0.211. The summed E-state index contributed by atoms with van der Waals surface area (Å²) in [4.78, 5) is 12.1. The maximum absolute atomic E-state index is 12.1. The van der Waals surface area contributed by atoms with Crippen molar-refractivity contribution >= 4 is 17.5 Å². The molecular weight excluding hydrogens is 264 g/mol. The van der Waals surface area contributed by atoms with Crippen molar-refractivity contribution < 1.29 is 4.79 Å². The van der Waals surface area contributed by atoms with Gasteiger partial charge in [-0.15, -0.1) is 11.8 Å². The van der Waals surface area contributed by atoms with E-state index in [1.54, 1.807) is 11.8 Å². The van der Waals surface area contributed by atoms with Crippen LogP contribution in [0.2, 0.25) is 0 Å². The van der Waals surface area contributed by atoms with Gasteiger partial charge in [-0.1, -0.05) is 53.1 Å². The first kappa shape index (κ1) is 14.9. The molecule has 0 fully saturated rings. The van der Waals surface area contributed by atoms with Crippen LogP contribution in [-0.2, 0) is 5.75 Å². The second-order valence-electron chi connectivity index (χ2n) is 5.28. The van der Waals surface area contributed by atoms with E-state index in [1.165, 1.54) is 16.7 Å². The Morgan fingerprint density at radius 1 is 0.950 bits per heavy atom. The van der Waals surface area contributed by atoms with Crippen LogP contribution in [0.25, 0.3) is 0 Å². The number of rotatable bonds is 5. The molecule has 0 radical (unpaired) electrons. The van der Waals surface area contributed by atoms with E-state index >= 15 is 0 Å². The van der Waals surface area contributed by atoms with Gasteiger partial charge in [-0.2, -0.15) is 0 Å². The quantitative estimate of drug-likeness (QED) is 0.738. The van der Waals surface area contributed by atoms with Gasteiger partial charge in [-0.25, -0.2) is 0 Å². The highest BCUT2D eigenvalue weighted by molar-refractivity contribution is 7.99. The molecule has 0 unspecified atom stereocenters. The summed E-state index contributed by atoms with van der Waals surface area (Å²) in [7, 11) is 0. The molecule has 0 saturated carbocycles. The fraction of sp³-hybridized carbons (Fsp3) is 0.278. The standard InChI is InChI=1S/C18H20OS/c1-13-5-4-6-17(10-13)18(19)12-20-11-16-8-14(2)7-15(3)9-16/h4-10H,11-12H2,1-3H3. The average Bonchev–Trinajstić information content (AvgIpc) is 2.37. The van der Waals surface area contributed by atoms with Crippen molar-refractivity contribution in [2.45, 2.75) is 26.5 Å². The molecule has 104 valence electrons. The largest absolute Gasteiger partial charge is 0.293 e. The number of hydrogen-bond donors (Lipinski definition) is 0. The van der Waals surface area contributed by atoms with Gasteiger partial charge in [-0.05, 0) is 32.4 Å². The van der Waals surface area contributed by atoms with Crippen LogP contribution >= 0.6 is 11.8 Å². The van der Waals surface area contributed by atoms with Crippen LogP contribution in [0, 0.1) is 20.8 Å². The molecule has 0 aliphatic carbocycles. The first-order valence-corrected chi connectivity index (χ1v) is 7.95. The number of thioether (sulfide) groups is 1. The van der Waals surface area contributed by atoms with Gasteiger partial charge >= 0.3 is 0 Å². The lowest BCUT2D eigenvalue weighted by molar-refractivity contribution is 0.102. The summed E-state index contributed by atoms with van der Waals surface area (Å²) in [6.45, 7) is 6.23. The van der Waals surface area contributed by atoms with E-state index in [9.17, 15) is 4.79 Å². The fourth-order valence-electron chi connectivity index (χ4n) is 2.32. The lowest BCUT2D eigenvalue weighted by Gasteiger charge is -2.05. The second kappa shape index (κ2) is 6.76. The third-order valence-electron chi connectivity index (χ3n) is 3.12. The minimum absolute atomic E-state index is 0.211. The molecule has 0 amide bonds. The molecule has 2 rings (SSSR count). The number of benzene rings is 2. The summed E-state index contributed by atoms with van der Waals surface area (Å²) in [6, 6.07) is 14.4. The molecule has 0 aromatic heterocycles. The SMILES string of the molecule is Cc1cc(C)cc(CSCC(=O)c2cccc(C)c2)c1. The maximum atomic E-state index is 12.1. The van der Waals surface area contributed by atoms with Crippen LogP contribution in [0.3, 0.4) is 0 Å². The van der Waals surface area contributed by atoms with Crippen molar-refractivity contribution in [3.05, 3.63) is 70.3 Å². The predicted molar refractivity (Wildman–Crippen MR) is 87.6 cm³/mol. The van der Waals surface area contributed by atoms with Gasteiger partial charge < -0.3 is 0 Å². The molecule has 2 aromatic rings. The Morgan fingerprint density at radius 3 is 2.30 bits per heavy atom. The summed E-state index contributed by atoms with van der Waals surface area (Å²) in [5.41, 5.74) is 5.81. The van der Waals surface area contributed by atoms with Crippen molar-refractivity contribution in [3.63, 3.8) is 0 Å². The zero-order valence-electron chi connectivity index (χ0n) is 12.3. The summed E-state index contributed by atoms with van der Waals surface area (Å²) < 4.78 is 0. The lowest BCUT2D eigenvalue weighted by Crippen LogP contribution is -2.03. The molecule has 2 heteroatoms. The Bertz CT molecular complexity index is 596. The number of carbonyl (C=O) groups is 1. The summed E-state index contributed by atoms with van der Waals surface area (Å²) >= 11 is 1.68. The van der Waals surface area contributed by atoms with E-state index in [2.05, 4.69) is 32.0 Å². The number of carbonyl (C=O) groups excluding carboxylic acids is 1. The van der Waals surface area contributed by atoms with Gasteiger partial charge in [0.2, 0.25) is 0 Å². The van der Waals surface area contributed by atoms with Crippen LogP contribution in [0.5, 0.6) is 0 Å². The Kier molecular flexibility index (Phi) is 5.02. The summed E-state index contributed by atoms with van der Waals surface area (Å²) in [5, 5.41) is 0. The van der Waals surface area contributed by atoms with E-state index in [1.807, 2.05) is 31.2 Å². The van der Waals surface area contributed by atoms with Gasteiger partial charge in [0.1, 0.15) is 0 Å². The lowest BCUT2D eigenvalue weighted by atomic mass is 10.1. The van der Waals surface area contributed by atoms with E-state index in [4.69, 9.17) is 0 Å². The number of Topliss-reactive ketones (excluding diaryl/α,β-unsaturated/α-hetero) is 1. The van der Waals surface area contributed by atoms with Crippen LogP contribution in [0.1, 0.15) is 32.6 Å². The Labute approximate surface area is 125 Å². The van der Waals surface area contributed by atoms with Crippen molar-refractivity contribution in [2.75, 3.05) is 5.75 Å². The van der Waals surface area contributed by atoms with Gasteiger partial charge in [0.15, 0.2) is 5.78 Å². The minimum Gasteiger partial charge on any atom is -0.293 e. The highest BCUT2D eigenvalue weighted by atomic mass is 32.2. The number of hydrogen-bond acceptors (Lipinski definition) is 2. The van der Waals surface area contributed by atoms with Crippen LogP contribution in [0.4, 0.5) is 0 Å². The molecule has 0 aliphatic heterocycles. The Morgan fingerprint density at radius 2 is 1.65 bits per heavy atom.